The fourth-order valence-electron chi connectivity index (χ4n) is 2.86. The molecule has 0 saturated carbocycles. The Labute approximate surface area is 108 Å². The van der Waals surface area contributed by atoms with Crippen LogP contribution in [0.1, 0.15) is 43.4 Å². The first-order valence-corrected chi connectivity index (χ1v) is 7.12. The second-order valence-corrected chi connectivity index (χ2v) is 5.27. The molecule has 0 radical (unpaired) electrons. The summed E-state index contributed by atoms with van der Waals surface area (Å²) in [7, 11) is 0. The normalized spacial score (nSPS) is 23.4. The summed E-state index contributed by atoms with van der Waals surface area (Å²) in [6.07, 6.45) is 10.1. The number of piperidine rings is 1. The highest BCUT2D eigenvalue weighted by Crippen LogP contribution is 2.26. The second kappa shape index (κ2) is 5.65. The van der Waals surface area contributed by atoms with Crippen LogP contribution in [0.4, 0.5) is 0 Å². The van der Waals surface area contributed by atoms with Gasteiger partial charge < -0.3 is 10.1 Å². The lowest BCUT2D eigenvalue weighted by Crippen LogP contribution is -2.38. The highest BCUT2D eigenvalue weighted by molar-refractivity contribution is 5.31. The first-order valence-electron chi connectivity index (χ1n) is 7.12. The second-order valence-electron chi connectivity index (χ2n) is 5.27. The van der Waals surface area contributed by atoms with Crippen LogP contribution in [-0.4, -0.2) is 29.2 Å². The number of rotatable bonds is 3. The molecule has 1 saturated heterocycles. The molecule has 1 atom stereocenters. The Hall–Kier alpha value is -1.16. The number of fused-ring (bicyclic) bond motifs is 1. The molecule has 1 aliphatic heterocycles. The minimum atomic E-state index is 0.493. The van der Waals surface area contributed by atoms with E-state index in [0.717, 1.165) is 31.9 Å². The third-order valence-electron chi connectivity index (χ3n) is 3.92. The third kappa shape index (κ3) is 2.64. The lowest BCUT2D eigenvalue weighted by Gasteiger charge is -2.24. The number of ether oxygens (including phenoxy) is 1. The number of nitrogens with one attached hydrogen (secondary N) is 1. The zero-order chi connectivity index (χ0) is 12.2. The maximum atomic E-state index is 5.93. The van der Waals surface area contributed by atoms with Crippen LogP contribution in [0.2, 0.25) is 0 Å². The Morgan fingerprint density at radius 3 is 3.00 bits per heavy atom. The van der Waals surface area contributed by atoms with E-state index in [1.165, 1.54) is 43.4 Å². The first kappa shape index (κ1) is 11.9. The van der Waals surface area contributed by atoms with E-state index in [9.17, 15) is 0 Å². The van der Waals surface area contributed by atoms with E-state index in [2.05, 4.69) is 15.3 Å². The lowest BCUT2D eigenvalue weighted by atomic mass is 9.97. The topological polar surface area (TPSA) is 47.0 Å². The molecule has 1 fully saturated rings. The van der Waals surface area contributed by atoms with Crippen LogP contribution in [0, 0.1) is 0 Å². The minimum Gasteiger partial charge on any atom is -0.476 e. The Balaban J connectivity index is 1.65. The summed E-state index contributed by atoms with van der Waals surface area (Å²) >= 11 is 0. The van der Waals surface area contributed by atoms with Gasteiger partial charge in [0.2, 0.25) is 5.88 Å². The molecule has 0 aromatic carbocycles. The predicted octanol–water partition coefficient (Wildman–Crippen LogP) is 1.88. The molecule has 1 aromatic heterocycles. The van der Waals surface area contributed by atoms with Gasteiger partial charge in [-0.3, -0.25) is 0 Å². The summed E-state index contributed by atoms with van der Waals surface area (Å²) in [6, 6.07) is 0.493. The van der Waals surface area contributed by atoms with Gasteiger partial charge in [-0.1, -0.05) is 6.42 Å². The van der Waals surface area contributed by atoms with E-state index in [4.69, 9.17) is 4.74 Å². The van der Waals surface area contributed by atoms with Crippen LogP contribution in [-0.2, 0) is 12.8 Å². The molecule has 18 heavy (non-hydrogen) atoms. The summed E-state index contributed by atoms with van der Waals surface area (Å²) in [5.41, 5.74) is 2.45. The molecule has 1 unspecified atom stereocenters. The molecule has 2 heterocycles. The van der Waals surface area contributed by atoms with E-state index in [1.807, 2.05) is 0 Å². The average Bonchev–Trinajstić information content (AvgIpc) is 2.46. The maximum Gasteiger partial charge on any atom is 0.219 e. The zero-order valence-corrected chi connectivity index (χ0v) is 10.8. The molecule has 0 amide bonds. The van der Waals surface area contributed by atoms with Gasteiger partial charge in [0.15, 0.2) is 0 Å². The molecule has 1 aliphatic carbocycles. The van der Waals surface area contributed by atoms with Gasteiger partial charge in [-0.05, 0) is 45.1 Å². The highest BCUT2D eigenvalue weighted by Gasteiger charge is 2.18. The molecular weight excluding hydrogens is 226 g/mol. The van der Waals surface area contributed by atoms with Gasteiger partial charge in [0.1, 0.15) is 12.9 Å². The summed E-state index contributed by atoms with van der Waals surface area (Å²) in [5.74, 6) is 0.826. The number of hydrogen-bond acceptors (Lipinski definition) is 4. The molecule has 0 spiro atoms. The van der Waals surface area contributed by atoms with Crippen molar-refractivity contribution in [1.29, 1.82) is 0 Å². The molecule has 1 aromatic rings. The van der Waals surface area contributed by atoms with Gasteiger partial charge in [-0.2, -0.15) is 0 Å². The van der Waals surface area contributed by atoms with Gasteiger partial charge in [-0.25, -0.2) is 9.97 Å². The van der Waals surface area contributed by atoms with Crippen LogP contribution in [0.5, 0.6) is 5.88 Å². The van der Waals surface area contributed by atoms with Gasteiger partial charge in [-0.15, -0.1) is 0 Å². The Morgan fingerprint density at radius 1 is 1.17 bits per heavy atom. The SMILES string of the molecule is c1nc2c(c(OCC3CCCCN3)n1)CCCC2. The van der Waals surface area contributed by atoms with Crippen molar-refractivity contribution in [2.24, 2.45) is 0 Å². The standard InChI is InChI=1S/C14H21N3O/c1-2-7-13-12(6-1)14(17-10-16-13)18-9-11-5-3-4-8-15-11/h10-11,15H,1-9H2. The third-order valence-corrected chi connectivity index (χ3v) is 3.92. The van der Waals surface area contributed by atoms with Crippen molar-refractivity contribution in [1.82, 2.24) is 15.3 Å². The first-order chi connectivity index (χ1) is 8.93. The number of aryl methyl sites for hydroxylation is 1. The molecule has 4 nitrogen and oxygen atoms in total. The molecule has 2 aliphatic rings. The zero-order valence-electron chi connectivity index (χ0n) is 10.8. The van der Waals surface area contributed by atoms with Crippen LogP contribution in [0.15, 0.2) is 6.33 Å². The van der Waals surface area contributed by atoms with Gasteiger partial charge >= 0.3 is 0 Å². The van der Waals surface area contributed by atoms with Crippen LogP contribution < -0.4 is 10.1 Å². The van der Waals surface area contributed by atoms with Crippen molar-refractivity contribution in [3.05, 3.63) is 17.6 Å². The largest absolute Gasteiger partial charge is 0.476 e. The van der Waals surface area contributed by atoms with Crippen LogP contribution in [0.25, 0.3) is 0 Å². The maximum absolute atomic E-state index is 5.93. The number of nitrogens with zero attached hydrogens (tertiary/aromatic N) is 2. The predicted molar refractivity (Wildman–Crippen MR) is 69.8 cm³/mol. The molecule has 3 rings (SSSR count). The van der Waals surface area contributed by atoms with E-state index in [1.54, 1.807) is 6.33 Å². The van der Waals surface area contributed by atoms with Crippen LogP contribution >= 0.6 is 0 Å². The Kier molecular flexibility index (Phi) is 3.74. The number of aromatic nitrogens is 2. The minimum absolute atomic E-state index is 0.493. The van der Waals surface area contributed by atoms with Gasteiger partial charge in [0, 0.05) is 11.6 Å². The lowest BCUT2D eigenvalue weighted by molar-refractivity contribution is 0.229. The fourth-order valence-corrected chi connectivity index (χ4v) is 2.86. The molecule has 98 valence electrons. The quantitative estimate of drug-likeness (QED) is 0.886. The smallest absolute Gasteiger partial charge is 0.219 e. The number of hydrogen-bond donors (Lipinski definition) is 1. The van der Waals surface area contributed by atoms with Crippen molar-refractivity contribution in [2.75, 3.05) is 13.2 Å². The van der Waals surface area contributed by atoms with Crippen molar-refractivity contribution >= 4 is 0 Å². The van der Waals surface area contributed by atoms with Crippen molar-refractivity contribution in [3.8, 4) is 5.88 Å². The van der Waals surface area contributed by atoms with Crippen LogP contribution in [0.3, 0.4) is 0 Å². The van der Waals surface area contributed by atoms with E-state index < -0.39 is 0 Å². The van der Waals surface area contributed by atoms with Crippen molar-refractivity contribution < 1.29 is 4.74 Å². The van der Waals surface area contributed by atoms with Crippen molar-refractivity contribution in [3.63, 3.8) is 0 Å². The molecular formula is C14H21N3O. The molecule has 0 bridgehead atoms. The Morgan fingerprint density at radius 2 is 2.11 bits per heavy atom. The van der Waals surface area contributed by atoms with Gasteiger partial charge in [0.25, 0.3) is 0 Å². The highest BCUT2D eigenvalue weighted by atomic mass is 16.5. The van der Waals surface area contributed by atoms with Crippen molar-refractivity contribution in [2.45, 2.75) is 51.0 Å². The monoisotopic (exact) mass is 247 g/mol. The molecule has 1 N–H and O–H groups in total. The summed E-state index contributed by atoms with van der Waals surface area (Å²) in [5, 5.41) is 3.50. The summed E-state index contributed by atoms with van der Waals surface area (Å²) < 4.78 is 5.93. The summed E-state index contributed by atoms with van der Waals surface area (Å²) in [4.78, 5) is 8.68. The Bertz CT molecular complexity index is 402. The summed E-state index contributed by atoms with van der Waals surface area (Å²) in [6.45, 7) is 1.86. The van der Waals surface area contributed by atoms with E-state index in [0.29, 0.717) is 6.04 Å². The average molecular weight is 247 g/mol. The molecule has 4 heteroatoms. The van der Waals surface area contributed by atoms with Gasteiger partial charge in [0.05, 0.1) is 5.69 Å². The fraction of sp³-hybridized carbons (Fsp3) is 0.714. The van der Waals surface area contributed by atoms with E-state index >= 15 is 0 Å². The van der Waals surface area contributed by atoms with E-state index in [-0.39, 0.29) is 0 Å².